The Balaban J connectivity index is 2.49. The number of esters is 1. The molecule has 0 aliphatic carbocycles. The number of carbonyl (C=O) groups is 2. The largest absolute Gasteiger partial charge is 0.426 e. The Morgan fingerprint density at radius 3 is 2.53 bits per heavy atom. The molecule has 3 nitrogen and oxygen atoms in total. The van der Waals surface area contributed by atoms with Crippen LogP contribution >= 0.6 is 0 Å². The number of unbranched alkanes of at least 4 members (excludes halogenated alkanes) is 1. The van der Waals surface area contributed by atoms with E-state index in [4.69, 9.17) is 4.74 Å². The highest BCUT2D eigenvalue weighted by Gasteiger charge is 2.03. The number of benzene rings is 1. The van der Waals surface area contributed by atoms with Crippen LogP contribution in [0.4, 0.5) is 0 Å². The van der Waals surface area contributed by atoms with Gasteiger partial charge in [0, 0.05) is 5.56 Å². The van der Waals surface area contributed by atoms with E-state index in [1.54, 1.807) is 24.3 Å². The second-order valence-corrected chi connectivity index (χ2v) is 3.10. The third-order valence-corrected chi connectivity index (χ3v) is 1.83. The van der Waals surface area contributed by atoms with E-state index in [-0.39, 0.29) is 5.97 Å². The van der Waals surface area contributed by atoms with Crippen LogP contribution < -0.4 is 4.74 Å². The predicted octanol–water partition coefficient (Wildman–Crippen LogP) is 2.41. The molecule has 0 aromatic heterocycles. The second-order valence-electron chi connectivity index (χ2n) is 3.10. The summed E-state index contributed by atoms with van der Waals surface area (Å²) < 4.78 is 5.01. The Morgan fingerprint density at radius 2 is 2.00 bits per heavy atom. The van der Waals surface area contributed by atoms with E-state index in [9.17, 15) is 9.59 Å². The summed E-state index contributed by atoms with van der Waals surface area (Å²) in [4.78, 5) is 21.5. The van der Waals surface area contributed by atoms with Crippen molar-refractivity contribution in [2.24, 2.45) is 0 Å². The summed E-state index contributed by atoms with van der Waals surface area (Å²) in [6.45, 7) is 1.99. The van der Waals surface area contributed by atoms with Gasteiger partial charge in [-0.25, -0.2) is 0 Å². The fraction of sp³-hybridized carbons (Fsp3) is 0.250. The summed E-state index contributed by atoms with van der Waals surface area (Å²) in [5, 5.41) is 0. The number of hydrogen-bond donors (Lipinski definition) is 0. The zero-order chi connectivity index (χ0) is 11.1. The van der Waals surface area contributed by atoms with Gasteiger partial charge in [-0.15, -0.1) is 0 Å². The summed E-state index contributed by atoms with van der Waals surface area (Å²) >= 11 is 0. The van der Waals surface area contributed by atoms with Crippen molar-refractivity contribution in [1.82, 2.24) is 0 Å². The Hall–Kier alpha value is -1.64. The first-order chi connectivity index (χ1) is 7.26. The van der Waals surface area contributed by atoms with Gasteiger partial charge in [-0.1, -0.05) is 13.3 Å². The van der Waals surface area contributed by atoms with Gasteiger partial charge in [0.1, 0.15) is 12.0 Å². The van der Waals surface area contributed by atoms with Crippen molar-refractivity contribution >= 4 is 12.3 Å². The van der Waals surface area contributed by atoms with Gasteiger partial charge < -0.3 is 4.74 Å². The molecule has 0 atom stereocenters. The molecule has 1 aromatic carbocycles. The molecule has 1 radical (unpaired) electrons. The Labute approximate surface area is 89.1 Å². The lowest BCUT2D eigenvalue weighted by Gasteiger charge is -2.02. The highest BCUT2D eigenvalue weighted by molar-refractivity contribution is 5.81. The molecule has 0 N–H and O–H groups in total. The molecule has 0 aliphatic heterocycles. The monoisotopic (exact) mass is 205 g/mol. The third kappa shape index (κ3) is 3.94. The zero-order valence-electron chi connectivity index (χ0n) is 8.60. The highest BCUT2D eigenvalue weighted by atomic mass is 16.5. The Bertz CT molecular complexity index is 327. The number of hydrogen-bond acceptors (Lipinski definition) is 3. The average Bonchev–Trinajstić information content (AvgIpc) is 2.27. The SMILES string of the molecule is CCC[CH]C(=O)Oc1ccc(C=O)cc1. The Morgan fingerprint density at radius 1 is 1.33 bits per heavy atom. The molecule has 0 aliphatic rings. The minimum absolute atomic E-state index is 0.351. The molecule has 0 amide bonds. The molecule has 3 heteroatoms. The first-order valence-corrected chi connectivity index (χ1v) is 4.86. The van der Waals surface area contributed by atoms with E-state index >= 15 is 0 Å². The smallest absolute Gasteiger partial charge is 0.315 e. The molecule has 15 heavy (non-hydrogen) atoms. The van der Waals surface area contributed by atoms with E-state index < -0.39 is 0 Å². The molecule has 0 bridgehead atoms. The van der Waals surface area contributed by atoms with Crippen LogP contribution in [-0.2, 0) is 4.79 Å². The van der Waals surface area contributed by atoms with Crippen LogP contribution in [0.1, 0.15) is 30.1 Å². The van der Waals surface area contributed by atoms with E-state index in [1.165, 1.54) is 6.42 Å². The highest BCUT2D eigenvalue weighted by Crippen LogP contribution is 2.12. The van der Waals surface area contributed by atoms with Crippen LogP contribution in [0.15, 0.2) is 24.3 Å². The molecule has 1 aromatic rings. The number of rotatable bonds is 5. The van der Waals surface area contributed by atoms with E-state index in [2.05, 4.69) is 0 Å². The molecule has 0 spiro atoms. The maximum Gasteiger partial charge on any atom is 0.315 e. The molecule has 0 saturated heterocycles. The standard InChI is InChI=1S/C12H13O3/c1-2-3-4-12(14)15-11-7-5-10(9-13)6-8-11/h4-9H,2-3H2,1H3. The van der Waals surface area contributed by atoms with Crippen LogP contribution in [0.5, 0.6) is 5.75 Å². The molecule has 0 fully saturated rings. The van der Waals surface area contributed by atoms with Crippen LogP contribution in [0, 0.1) is 6.42 Å². The third-order valence-electron chi connectivity index (χ3n) is 1.83. The maximum atomic E-state index is 11.2. The second kappa shape index (κ2) is 5.96. The summed E-state index contributed by atoms with van der Waals surface area (Å²) in [5.74, 6) is 0.105. The van der Waals surface area contributed by atoms with Crippen molar-refractivity contribution in [2.75, 3.05) is 0 Å². The fourth-order valence-electron chi connectivity index (χ4n) is 1.03. The maximum absolute atomic E-state index is 11.2. The topological polar surface area (TPSA) is 43.4 Å². The van der Waals surface area contributed by atoms with Gasteiger partial charge in [-0.3, -0.25) is 9.59 Å². The van der Waals surface area contributed by atoms with Gasteiger partial charge in [-0.2, -0.15) is 0 Å². The van der Waals surface area contributed by atoms with Gasteiger partial charge in [-0.05, 0) is 30.7 Å². The van der Waals surface area contributed by atoms with Crippen LogP contribution in [0.25, 0.3) is 0 Å². The van der Waals surface area contributed by atoms with Crippen molar-refractivity contribution in [3.63, 3.8) is 0 Å². The van der Waals surface area contributed by atoms with E-state index in [0.29, 0.717) is 17.7 Å². The van der Waals surface area contributed by atoms with Crippen molar-refractivity contribution in [1.29, 1.82) is 0 Å². The quantitative estimate of drug-likeness (QED) is 0.421. The van der Waals surface area contributed by atoms with E-state index in [1.807, 2.05) is 6.92 Å². The van der Waals surface area contributed by atoms with Crippen LogP contribution in [-0.4, -0.2) is 12.3 Å². The summed E-state index contributed by atoms with van der Waals surface area (Å²) in [7, 11) is 0. The number of aldehydes is 1. The minimum atomic E-state index is -0.351. The number of carbonyl (C=O) groups excluding carboxylic acids is 2. The molecular weight excluding hydrogens is 192 g/mol. The summed E-state index contributed by atoms with van der Waals surface area (Å²) in [5.41, 5.74) is 0.562. The Kier molecular flexibility index (Phi) is 4.54. The molecule has 0 unspecified atom stereocenters. The van der Waals surface area contributed by atoms with Crippen molar-refractivity contribution in [3.8, 4) is 5.75 Å². The van der Waals surface area contributed by atoms with Crippen molar-refractivity contribution in [3.05, 3.63) is 36.2 Å². The molecule has 0 saturated carbocycles. The fourth-order valence-corrected chi connectivity index (χ4v) is 1.03. The van der Waals surface area contributed by atoms with Crippen LogP contribution in [0.3, 0.4) is 0 Å². The van der Waals surface area contributed by atoms with Crippen molar-refractivity contribution in [2.45, 2.75) is 19.8 Å². The van der Waals surface area contributed by atoms with Gasteiger partial charge in [0.15, 0.2) is 0 Å². The van der Waals surface area contributed by atoms with Gasteiger partial charge >= 0.3 is 5.97 Å². The zero-order valence-corrected chi connectivity index (χ0v) is 8.60. The first kappa shape index (κ1) is 11.4. The lowest BCUT2D eigenvalue weighted by Crippen LogP contribution is -2.07. The van der Waals surface area contributed by atoms with Gasteiger partial charge in [0.25, 0.3) is 0 Å². The average molecular weight is 205 g/mol. The summed E-state index contributed by atoms with van der Waals surface area (Å²) in [6, 6.07) is 6.41. The van der Waals surface area contributed by atoms with Gasteiger partial charge in [0.2, 0.25) is 0 Å². The van der Waals surface area contributed by atoms with Gasteiger partial charge in [0.05, 0.1) is 6.42 Å². The molecular formula is C12H13O3. The molecule has 79 valence electrons. The minimum Gasteiger partial charge on any atom is -0.426 e. The summed E-state index contributed by atoms with van der Waals surface area (Å²) in [6.07, 6.45) is 3.88. The van der Waals surface area contributed by atoms with Crippen LogP contribution in [0.2, 0.25) is 0 Å². The number of ether oxygens (including phenoxy) is 1. The molecule has 0 heterocycles. The molecule has 1 rings (SSSR count). The van der Waals surface area contributed by atoms with E-state index in [0.717, 1.165) is 12.7 Å². The normalized spacial score (nSPS) is 9.67. The predicted molar refractivity (Wildman–Crippen MR) is 56.7 cm³/mol. The lowest BCUT2D eigenvalue weighted by molar-refractivity contribution is -0.130. The van der Waals surface area contributed by atoms with Crippen molar-refractivity contribution < 1.29 is 14.3 Å². The lowest BCUT2D eigenvalue weighted by atomic mass is 10.2. The first-order valence-electron chi connectivity index (χ1n) is 4.86.